The van der Waals surface area contributed by atoms with Crippen LogP contribution in [0.15, 0.2) is 18.2 Å². The van der Waals surface area contributed by atoms with E-state index in [9.17, 15) is 4.21 Å². The number of hydrogen-bond acceptors (Lipinski definition) is 6. The van der Waals surface area contributed by atoms with Gasteiger partial charge in [-0.15, -0.1) is 0 Å². The van der Waals surface area contributed by atoms with E-state index in [2.05, 4.69) is 0 Å². The monoisotopic (exact) mass is 332 g/mol. The molecule has 0 bridgehead atoms. The molecule has 22 heavy (non-hydrogen) atoms. The average Bonchev–Trinajstić information content (AvgIpc) is 2.50. The highest BCUT2D eigenvalue weighted by atomic mass is 32.2. The molecule has 0 radical (unpaired) electrons. The summed E-state index contributed by atoms with van der Waals surface area (Å²) < 4.78 is 42.3. The molecule has 0 saturated carbocycles. The van der Waals surface area contributed by atoms with Gasteiger partial charge in [-0.25, -0.2) is 13.3 Å². The molecule has 1 rings (SSSR count). The van der Waals surface area contributed by atoms with Crippen molar-refractivity contribution in [1.82, 2.24) is 4.31 Å². The van der Waals surface area contributed by atoms with Crippen LogP contribution in [0.2, 0.25) is 0 Å². The average molecular weight is 332 g/mol. The number of rotatable bonds is 9. The first kappa shape index (κ1) is 18.7. The summed E-state index contributed by atoms with van der Waals surface area (Å²) in [6.45, 7) is 0.482. The molecule has 1 N–H and O–H groups in total. The van der Waals surface area contributed by atoms with Crippen LogP contribution in [0.3, 0.4) is 0 Å². The molecule has 1 atom stereocenters. The van der Waals surface area contributed by atoms with Crippen molar-refractivity contribution in [3.8, 4) is 11.5 Å². The molecule has 7 nitrogen and oxygen atoms in total. The summed E-state index contributed by atoms with van der Waals surface area (Å²) in [6.07, 6.45) is 0.807. The quantitative estimate of drug-likeness (QED) is 0.696. The van der Waals surface area contributed by atoms with Crippen molar-refractivity contribution in [3.63, 3.8) is 0 Å². The number of ether oxygens (including phenoxy) is 4. The van der Waals surface area contributed by atoms with Gasteiger partial charge >= 0.3 is 0 Å². The summed E-state index contributed by atoms with van der Waals surface area (Å²) >= 11 is 0. The molecule has 0 saturated heterocycles. The summed E-state index contributed by atoms with van der Waals surface area (Å²) in [6, 6.07) is 5.37. The van der Waals surface area contributed by atoms with E-state index in [1.807, 2.05) is 6.07 Å². The number of hydrogen-bond donors (Lipinski definition) is 1. The Labute approximate surface area is 132 Å². The van der Waals surface area contributed by atoms with Gasteiger partial charge in [0.1, 0.15) is 21.4 Å². The Morgan fingerprint density at radius 2 is 1.82 bits per heavy atom. The Hall–Kier alpha value is -1.35. The Bertz CT molecular complexity index is 573. The van der Waals surface area contributed by atoms with Crippen LogP contribution in [-0.4, -0.2) is 56.0 Å². The van der Waals surface area contributed by atoms with Crippen LogP contribution < -0.4 is 9.47 Å². The lowest BCUT2D eigenvalue weighted by molar-refractivity contribution is -0.108. The van der Waals surface area contributed by atoms with E-state index in [0.717, 1.165) is 5.56 Å². The van der Waals surface area contributed by atoms with E-state index in [0.29, 0.717) is 11.5 Å². The van der Waals surface area contributed by atoms with Crippen molar-refractivity contribution in [2.24, 2.45) is 0 Å². The Kier molecular flexibility index (Phi) is 7.08. The largest absolute Gasteiger partial charge is 0.497 e. The minimum Gasteiger partial charge on any atom is -0.497 e. The van der Waals surface area contributed by atoms with Crippen molar-refractivity contribution in [3.05, 3.63) is 23.8 Å². The Morgan fingerprint density at radius 1 is 1.18 bits per heavy atom. The van der Waals surface area contributed by atoms with Gasteiger partial charge < -0.3 is 18.9 Å². The Balaban J connectivity index is 3.04. The summed E-state index contributed by atoms with van der Waals surface area (Å²) in [4.78, 5) is 0. The fourth-order valence-electron chi connectivity index (χ4n) is 1.91. The van der Waals surface area contributed by atoms with Gasteiger partial charge in [-0.2, -0.15) is 0 Å². The standard InChI is InChI=1S/C14H24N2O5S/c1-18-12-7-6-11(13(8-12)19-2)9-16(22(5,15)17)10-14(20-3)21-4/h6-8,14-15H,9-10H2,1-5H3. The van der Waals surface area contributed by atoms with Crippen LogP contribution in [0.1, 0.15) is 5.56 Å². The molecule has 0 aliphatic carbocycles. The van der Waals surface area contributed by atoms with E-state index < -0.39 is 16.2 Å². The zero-order valence-corrected chi connectivity index (χ0v) is 14.4. The first-order valence-corrected chi connectivity index (χ1v) is 8.53. The van der Waals surface area contributed by atoms with Crippen molar-refractivity contribution < 1.29 is 23.2 Å². The van der Waals surface area contributed by atoms with Gasteiger partial charge in [0, 0.05) is 38.6 Å². The van der Waals surface area contributed by atoms with Crippen LogP contribution in [0.25, 0.3) is 0 Å². The fraction of sp³-hybridized carbons (Fsp3) is 0.571. The lowest BCUT2D eigenvalue weighted by atomic mass is 10.2. The summed E-state index contributed by atoms with van der Waals surface area (Å²) in [5, 5.41) is 0. The van der Waals surface area contributed by atoms with Crippen molar-refractivity contribution in [2.75, 3.05) is 41.2 Å². The van der Waals surface area contributed by atoms with Gasteiger partial charge in [-0.1, -0.05) is 6.07 Å². The van der Waals surface area contributed by atoms with E-state index >= 15 is 0 Å². The van der Waals surface area contributed by atoms with Gasteiger partial charge in [0.15, 0.2) is 6.29 Å². The van der Waals surface area contributed by atoms with Crippen molar-refractivity contribution >= 4 is 9.92 Å². The zero-order valence-electron chi connectivity index (χ0n) is 13.6. The molecule has 0 spiro atoms. The fourth-order valence-corrected chi connectivity index (χ4v) is 2.71. The minimum absolute atomic E-state index is 0.209. The first-order valence-electron chi connectivity index (χ1n) is 6.61. The van der Waals surface area contributed by atoms with Gasteiger partial charge in [-0.05, 0) is 6.07 Å². The van der Waals surface area contributed by atoms with Gasteiger partial charge in [0.2, 0.25) is 0 Å². The molecule has 1 unspecified atom stereocenters. The highest BCUT2D eigenvalue weighted by Crippen LogP contribution is 2.26. The zero-order chi connectivity index (χ0) is 16.8. The molecule has 0 fully saturated rings. The maximum atomic E-state index is 12.2. The highest BCUT2D eigenvalue weighted by molar-refractivity contribution is 7.89. The normalized spacial score (nSPS) is 14.1. The molecule has 1 aromatic carbocycles. The van der Waals surface area contributed by atoms with Crippen LogP contribution in [0, 0.1) is 4.78 Å². The SMILES string of the molecule is COc1ccc(CN(CC(OC)OC)S(C)(=N)=O)c(OC)c1. The third kappa shape index (κ3) is 5.13. The van der Waals surface area contributed by atoms with Gasteiger partial charge in [0.05, 0.1) is 20.8 Å². The summed E-state index contributed by atoms with van der Waals surface area (Å²) in [7, 11) is 3.20. The summed E-state index contributed by atoms with van der Waals surface area (Å²) in [5.41, 5.74) is 0.802. The Morgan fingerprint density at radius 3 is 2.27 bits per heavy atom. The lowest BCUT2D eigenvalue weighted by Gasteiger charge is -2.26. The topological polar surface area (TPSA) is 81.1 Å². The third-order valence-corrected chi connectivity index (χ3v) is 4.48. The van der Waals surface area contributed by atoms with Gasteiger partial charge in [-0.3, -0.25) is 0 Å². The molecule has 0 aliphatic rings. The smallest absolute Gasteiger partial charge is 0.170 e. The lowest BCUT2D eigenvalue weighted by Crippen LogP contribution is -2.37. The number of nitrogens with one attached hydrogen (secondary N) is 1. The molecular weight excluding hydrogens is 308 g/mol. The number of nitrogens with zero attached hydrogens (tertiary/aromatic N) is 1. The van der Waals surface area contributed by atoms with E-state index in [1.54, 1.807) is 26.4 Å². The maximum absolute atomic E-state index is 12.2. The molecule has 0 amide bonds. The predicted molar refractivity (Wildman–Crippen MR) is 84.5 cm³/mol. The molecule has 1 aromatic rings. The van der Waals surface area contributed by atoms with E-state index in [4.69, 9.17) is 23.7 Å². The minimum atomic E-state index is -2.93. The van der Waals surface area contributed by atoms with Crippen molar-refractivity contribution in [1.29, 1.82) is 4.78 Å². The molecule has 0 aromatic heterocycles. The second-order valence-electron chi connectivity index (χ2n) is 4.70. The van der Waals surface area contributed by atoms with Crippen LogP contribution in [0.5, 0.6) is 11.5 Å². The van der Waals surface area contributed by atoms with Crippen LogP contribution in [0.4, 0.5) is 0 Å². The van der Waals surface area contributed by atoms with Crippen LogP contribution >= 0.6 is 0 Å². The predicted octanol–water partition coefficient (Wildman–Crippen LogP) is 1.72. The number of benzene rings is 1. The summed E-state index contributed by atoms with van der Waals surface area (Å²) in [5.74, 6) is 1.28. The second-order valence-corrected chi connectivity index (χ2v) is 6.83. The van der Waals surface area contributed by atoms with E-state index in [-0.39, 0.29) is 13.1 Å². The van der Waals surface area contributed by atoms with Gasteiger partial charge in [0.25, 0.3) is 0 Å². The molecule has 0 heterocycles. The second kappa shape index (κ2) is 8.33. The molecule has 8 heteroatoms. The van der Waals surface area contributed by atoms with Crippen molar-refractivity contribution in [2.45, 2.75) is 12.8 Å². The van der Waals surface area contributed by atoms with E-state index in [1.165, 1.54) is 24.8 Å². The third-order valence-electron chi connectivity index (χ3n) is 3.21. The molecule has 0 aliphatic heterocycles. The first-order chi connectivity index (χ1) is 10.3. The van der Waals surface area contributed by atoms with Crippen LogP contribution in [-0.2, 0) is 25.9 Å². The highest BCUT2D eigenvalue weighted by Gasteiger charge is 2.21. The number of methoxy groups -OCH3 is 4. The molecule has 126 valence electrons. The molecular formula is C14H24N2O5S. The maximum Gasteiger partial charge on any atom is 0.170 e.